The number of benzene rings is 2. The van der Waals surface area contributed by atoms with Crippen LogP contribution in [0.25, 0.3) is 0 Å². The lowest BCUT2D eigenvalue weighted by Crippen LogP contribution is -2.26. The second-order valence-corrected chi connectivity index (χ2v) is 6.17. The number of nitrogens with one attached hydrogen (secondary N) is 2. The van der Waals surface area contributed by atoms with Crippen molar-refractivity contribution < 1.29 is 24.2 Å². The van der Waals surface area contributed by atoms with Gasteiger partial charge in [-0.1, -0.05) is 18.2 Å². The highest BCUT2D eigenvalue weighted by molar-refractivity contribution is 5.97. The maximum Gasteiger partial charge on any atom is 0.336 e. The van der Waals surface area contributed by atoms with E-state index < -0.39 is 5.97 Å². The van der Waals surface area contributed by atoms with Crippen LogP contribution in [0.4, 0.5) is 5.69 Å². The average Bonchev–Trinajstić information content (AvgIpc) is 2.67. The monoisotopic (exact) mass is 384 g/mol. The predicted molar refractivity (Wildman–Crippen MR) is 106 cm³/mol. The molecule has 28 heavy (non-hydrogen) atoms. The Hall–Kier alpha value is -3.35. The fourth-order valence-electron chi connectivity index (χ4n) is 2.64. The van der Waals surface area contributed by atoms with Crippen molar-refractivity contribution in [2.45, 2.75) is 26.7 Å². The fraction of sp³-hybridized carbons (Fsp3) is 0.286. The Morgan fingerprint density at radius 2 is 1.82 bits per heavy atom. The van der Waals surface area contributed by atoms with E-state index in [0.717, 1.165) is 0 Å². The van der Waals surface area contributed by atoms with Gasteiger partial charge in [0.05, 0.1) is 17.7 Å². The Labute approximate surface area is 163 Å². The molecule has 0 aliphatic heterocycles. The van der Waals surface area contributed by atoms with Crippen LogP contribution in [0.15, 0.2) is 42.5 Å². The van der Waals surface area contributed by atoms with Gasteiger partial charge in [0, 0.05) is 18.7 Å². The van der Waals surface area contributed by atoms with Crippen molar-refractivity contribution in [1.29, 1.82) is 0 Å². The number of carbonyl (C=O) groups is 3. The molecule has 0 aliphatic carbocycles. The third-order valence-electron chi connectivity index (χ3n) is 4.05. The first kappa shape index (κ1) is 21.0. The molecule has 0 saturated heterocycles. The zero-order valence-electron chi connectivity index (χ0n) is 16.0. The number of rotatable bonds is 9. The highest BCUT2D eigenvalue weighted by atomic mass is 16.5. The molecule has 2 rings (SSSR count). The molecule has 0 bridgehead atoms. The van der Waals surface area contributed by atoms with Gasteiger partial charge in [0.1, 0.15) is 5.75 Å². The summed E-state index contributed by atoms with van der Waals surface area (Å²) in [6.45, 7) is 4.34. The van der Waals surface area contributed by atoms with Gasteiger partial charge >= 0.3 is 5.97 Å². The topological polar surface area (TPSA) is 105 Å². The number of aryl methyl sites for hydroxylation is 1. The molecule has 7 heteroatoms. The van der Waals surface area contributed by atoms with E-state index >= 15 is 0 Å². The van der Waals surface area contributed by atoms with Crippen LogP contribution in [0.3, 0.4) is 0 Å². The Kier molecular flexibility index (Phi) is 7.56. The number of hydrogen-bond donors (Lipinski definition) is 3. The van der Waals surface area contributed by atoms with Crippen molar-refractivity contribution >= 4 is 23.5 Å². The average molecular weight is 384 g/mol. The molecule has 0 radical (unpaired) electrons. The van der Waals surface area contributed by atoms with E-state index in [2.05, 4.69) is 10.6 Å². The normalized spacial score (nSPS) is 10.2. The summed E-state index contributed by atoms with van der Waals surface area (Å²) in [4.78, 5) is 35.5. The largest absolute Gasteiger partial charge is 0.493 e. The number of ether oxygens (including phenoxy) is 1. The first-order valence-electron chi connectivity index (χ1n) is 9.06. The number of carboxylic acid groups (broad SMARTS) is 1. The lowest BCUT2D eigenvalue weighted by Gasteiger charge is -2.11. The molecule has 2 aromatic carbocycles. The zero-order valence-corrected chi connectivity index (χ0v) is 16.0. The molecule has 0 saturated carbocycles. The van der Waals surface area contributed by atoms with E-state index in [1.165, 1.54) is 6.07 Å². The molecule has 2 aromatic rings. The summed E-state index contributed by atoms with van der Waals surface area (Å²) in [6, 6.07) is 11.7. The molecule has 0 fully saturated rings. The molecule has 2 amide bonds. The number of amides is 2. The van der Waals surface area contributed by atoms with Crippen LogP contribution in [0, 0.1) is 6.92 Å². The van der Waals surface area contributed by atoms with E-state index in [1.54, 1.807) is 43.3 Å². The maximum absolute atomic E-state index is 12.3. The number of hydrogen-bond acceptors (Lipinski definition) is 4. The summed E-state index contributed by atoms with van der Waals surface area (Å²) in [5, 5.41) is 14.6. The van der Waals surface area contributed by atoms with Crippen molar-refractivity contribution in [3.8, 4) is 5.75 Å². The molecule has 0 spiro atoms. The van der Waals surface area contributed by atoms with Gasteiger partial charge in [0.25, 0.3) is 5.91 Å². The molecule has 0 atom stereocenters. The summed E-state index contributed by atoms with van der Waals surface area (Å²) in [5.74, 6) is -1.02. The molecule has 7 nitrogen and oxygen atoms in total. The minimum Gasteiger partial charge on any atom is -0.493 e. The third kappa shape index (κ3) is 5.84. The quantitative estimate of drug-likeness (QED) is 0.576. The molecular weight excluding hydrogens is 360 g/mol. The Morgan fingerprint density at radius 3 is 2.54 bits per heavy atom. The number of carboxylic acids is 1. The molecule has 0 unspecified atom stereocenters. The van der Waals surface area contributed by atoms with E-state index in [0.29, 0.717) is 42.1 Å². The van der Waals surface area contributed by atoms with Crippen LogP contribution in [0.5, 0.6) is 5.75 Å². The molecule has 148 valence electrons. The van der Waals surface area contributed by atoms with E-state index in [-0.39, 0.29) is 23.8 Å². The summed E-state index contributed by atoms with van der Waals surface area (Å²) >= 11 is 0. The Balaban J connectivity index is 1.81. The summed E-state index contributed by atoms with van der Waals surface area (Å²) in [5.41, 5.74) is 1.66. The maximum atomic E-state index is 12.3. The van der Waals surface area contributed by atoms with E-state index in [1.807, 2.05) is 6.92 Å². The predicted octanol–water partition coefficient (Wildman–Crippen LogP) is 3.24. The number of carbonyl (C=O) groups excluding carboxylic acids is 2. The van der Waals surface area contributed by atoms with Gasteiger partial charge in [0.15, 0.2) is 0 Å². The van der Waals surface area contributed by atoms with Crippen LogP contribution in [0.2, 0.25) is 0 Å². The first-order chi connectivity index (χ1) is 13.4. The number of anilines is 1. The van der Waals surface area contributed by atoms with Crippen molar-refractivity contribution in [3.63, 3.8) is 0 Å². The number of para-hydroxylation sites is 1. The highest BCUT2D eigenvalue weighted by Crippen LogP contribution is 2.18. The SMILES string of the molecule is CCOc1ccccc1C(=O)NCCCC(=O)Nc1ccc(C)c(C(=O)O)c1. The van der Waals surface area contributed by atoms with Crippen LogP contribution in [-0.2, 0) is 4.79 Å². The summed E-state index contributed by atoms with van der Waals surface area (Å²) in [6.07, 6.45) is 0.649. The van der Waals surface area contributed by atoms with Crippen LogP contribution < -0.4 is 15.4 Å². The zero-order chi connectivity index (χ0) is 20.5. The van der Waals surface area contributed by atoms with Crippen LogP contribution in [0.1, 0.15) is 46.0 Å². The van der Waals surface area contributed by atoms with Gasteiger partial charge in [-0.2, -0.15) is 0 Å². The second kappa shape index (κ2) is 10.1. The van der Waals surface area contributed by atoms with Gasteiger partial charge < -0.3 is 20.5 Å². The standard InChI is InChI=1S/C21H24N2O5/c1-3-28-18-8-5-4-7-16(18)20(25)22-12-6-9-19(24)23-15-11-10-14(2)17(13-15)21(26)27/h4-5,7-8,10-11,13H,3,6,9,12H2,1-2H3,(H,22,25)(H,23,24)(H,26,27). The Morgan fingerprint density at radius 1 is 1.07 bits per heavy atom. The molecule has 3 N–H and O–H groups in total. The van der Waals surface area contributed by atoms with Crippen LogP contribution in [-0.4, -0.2) is 36.0 Å². The summed E-state index contributed by atoms with van der Waals surface area (Å²) in [7, 11) is 0. The van der Waals surface area contributed by atoms with Crippen molar-refractivity contribution in [2.75, 3.05) is 18.5 Å². The summed E-state index contributed by atoms with van der Waals surface area (Å²) < 4.78 is 5.44. The number of aromatic carboxylic acids is 1. The molecular formula is C21H24N2O5. The highest BCUT2D eigenvalue weighted by Gasteiger charge is 2.12. The Bertz CT molecular complexity index is 864. The minimum absolute atomic E-state index is 0.151. The van der Waals surface area contributed by atoms with Gasteiger partial charge in [-0.3, -0.25) is 9.59 Å². The van der Waals surface area contributed by atoms with Crippen molar-refractivity contribution in [3.05, 3.63) is 59.2 Å². The minimum atomic E-state index is -1.04. The lowest BCUT2D eigenvalue weighted by atomic mass is 10.1. The first-order valence-corrected chi connectivity index (χ1v) is 9.06. The van der Waals surface area contributed by atoms with Crippen molar-refractivity contribution in [1.82, 2.24) is 5.32 Å². The van der Waals surface area contributed by atoms with Gasteiger partial charge in [-0.05, 0) is 50.1 Å². The fourth-order valence-corrected chi connectivity index (χ4v) is 2.64. The van der Waals surface area contributed by atoms with Gasteiger partial charge in [0.2, 0.25) is 5.91 Å². The smallest absolute Gasteiger partial charge is 0.336 e. The van der Waals surface area contributed by atoms with Gasteiger partial charge in [-0.25, -0.2) is 4.79 Å². The molecule has 0 aliphatic rings. The van der Waals surface area contributed by atoms with Gasteiger partial charge in [-0.15, -0.1) is 0 Å². The second-order valence-electron chi connectivity index (χ2n) is 6.17. The van der Waals surface area contributed by atoms with E-state index in [4.69, 9.17) is 9.84 Å². The molecule has 0 heterocycles. The molecule has 0 aromatic heterocycles. The lowest BCUT2D eigenvalue weighted by molar-refractivity contribution is -0.116. The van der Waals surface area contributed by atoms with E-state index in [9.17, 15) is 14.4 Å². The van der Waals surface area contributed by atoms with Crippen molar-refractivity contribution in [2.24, 2.45) is 0 Å². The van der Waals surface area contributed by atoms with Crippen LogP contribution >= 0.6 is 0 Å². The third-order valence-corrected chi connectivity index (χ3v) is 4.05.